The third kappa shape index (κ3) is 6.05. The molecule has 2 aromatic rings. The summed E-state index contributed by atoms with van der Waals surface area (Å²) in [5.74, 6) is -3.89. The van der Waals surface area contributed by atoms with E-state index in [2.05, 4.69) is 16.3 Å². The van der Waals surface area contributed by atoms with E-state index in [1.165, 1.54) is 24.3 Å². The van der Waals surface area contributed by atoms with E-state index in [4.69, 9.17) is 16.3 Å². The first-order chi connectivity index (χ1) is 15.3. The van der Waals surface area contributed by atoms with Crippen LogP contribution in [0.3, 0.4) is 0 Å². The first kappa shape index (κ1) is 22.8. The van der Waals surface area contributed by atoms with Crippen LogP contribution in [0.4, 0.5) is 0 Å². The van der Waals surface area contributed by atoms with Crippen molar-refractivity contribution in [2.24, 2.45) is 5.92 Å². The zero-order valence-corrected chi connectivity index (χ0v) is 17.4. The van der Waals surface area contributed by atoms with Gasteiger partial charge in [-0.15, -0.1) is 0 Å². The molecule has 1 aliphatic rings. The van der Waals surface area contributed by atoms with Crippen molar-refractivity contribution < 1.29 is 28.7 Å². The molecule has 0 spiro atoms. The molecule has 1 heterocycles. The van der Waals surface area contributed by atoms with Crippen molar-refractivity contribution >= 4 is 41.2 Å². The highest BCUT2D eigenvalue weighted by Gasteiger charge is 2.36. The molecule has 1 saturated heterocycles. The van der Waals surface area contributed by atoms with Gasteiger partial charge in [0.05, 0.1) is 12.5 Å². The second-order valence-corrected chi connectivity index (χ2v) is 7.27. The van der Waals surface area contributed by atoms with Crippen molar-refractivity contribution in [3.8, 4) is 0 Å². The molecule has 3 N–H and O–H groups in total. The Morgan fingerprint density at radius 2 is 1.59 bits per heavy atom. The number of hydrogen-bond acceptors (Lipinski definition) is 6. The first-order valence-electron chi connectivity index (χ1n) is 9.51. The van der Waals surface area contributed by atoms with E-state index in [0.717, 1.165) is 5.01 Å². The highest BCUT2D eigenvalue weighted by molar-refractivity contribution is 6.30. The average molecular weight is 459 g/mol. The molecule has 0 saturated carbocycles. The lowest BCUT2D eigenvalue weighted by Gasteiger charge is -2.17. The maximum absolute atomic E-state index is 12.2. The van der Waals surface area contributed by atoms with Crippen molar-refractivity contribution in [1.82, 2.24) is 21.3 Å². The molecule has 2 aromatic carbocycles. The summed E-state index contributed by atoms with van der Waals surface area (Å²) < 4.78 is 4.92. The lowest BCUT2D eigenvalue weighted by atomic mass is 10.1. The largest absolute Gasteiger partial charge is 0.455 e. The molecule has 32 heavy (non-hydrogen) atoms. The molecule has 11 heteroatoms. The van der Waals surface area contributed by atoms with Crippen LogP contribution in [0.1, 0.15) is 27.1 Å². The lowest BCUT2D eigenvalue weighted by molar-refractivity contribution is -0.152. The van der Waals surface area contributed by atoms with Crippen LogP contribution in [-0.4, -0.2) is 47.8 Å². The Morgan fingerprint density at radius 3 is 2.28 bits per heavy atom. The number of nitrogens with zero attached hydrogens (tertiary/aromatic N) is 1. The number of carbonyl (C=O) groups excluding carboxylic acids is 5. The Hall–Kier alpha value is -3.92. The van der Waals surface area contributed by atoms with E-state index >= 15 is 0 Å². The van der Waals surface area contributed by atoms with Crippen LogP contribution in [0.25, 0.3) is 0 Å². The number of halogens is 1. The summed E-state index contributed by atoms with van der Waals surface area (Å²) in [6, 6.07) is 14.3. The summed E-state index contributed by atoms with van der Waals surface area (Å²) in [5.41, 5.74) is 7.40. The second kappa shape index (κ2) is 10.4. The molecule has 0 aliphatic carbocycles. The molecular formula is C21H19ClN4O6. The molecule has 10 nitrogen and oxygen atoms in total. The van der Waals surface area contributed by atoms with E-state index in [1.807, 2.05) is 0 Å². The summed E-state index contributed by atoms with van der Waals surface area (Å²) >= 11 is 5.78. The number of nitrogens with one attached hydrogen (secondary N) is 3. The van der Waals surface area contributed by atoms with Crippen LogP contribution in [0.2, 0.25) is 5.02 Å². The Morgan fingerprint density at radius 1 is 0.938 bits per heavy atom. The highest BCUT2D eigenvalue weighted by Crippen LogP contribution is 2.18. The molecule has 4 amide bonds. The van der Waals surface area contributed by atoms with Gasteiger partial charge in [0.15, 0.2) is 6.61 Å². The third-order valence-corrected chi connectivity index (χ3v) is 4.75. The Kier molecular flexibility index (Phi) is 7.40. The molecular weight excluding hydrogens is 440 g/mol. The van der Waals surface area contributed by atoms with E-state index in [1.54, 1.807) is 30.3 Å². The molecule has 1 atom stereocenters. The van der Waals surface area contributed by atoms with Crippen LogP contribution in [-0.2, 0) is 19.1 Å². The molecule has 0 unspecified atom stereocenters. The average Bonchev–Trinajstić information content (AvgIpc) is 3.17. The highest BCUT2D eigenvalue weighted by atomic mass is 35.5. The number of carbonyl (C=O) groups is 5. The predicted molar refractivity (Wildman–Crippen MR) is 112 cm³/mol. The Bertz CT molecular complexity index is 1030. The van der Waals surface area contributed by atoms with Crippen LogP contribution in [0.5, 0.6) is 0 Å². The number of amides is 4. The number of ether oxygens (including phenoxy) is 1. The van der Waals surface area contributed by atoms with E-state index < -0.39 is 42.1 Å². The topological polar surface area (TPSA) is 134 Å². The molecule has 1 fully saturated rings. The maximum Gasteiger partial charge on any atom is 0.311 e. The first-order valence-corrected chi connectivity index (χ1v) is 9.89. The van der Waals surface area contributed by atoms with Crippen LogP contribution in [0, 0.1) is 5.92 Å². The second-order valence-electron chi connectivity index (χ2n) is 6.83. The minimum absolute atomic E-state index is 0.0939. The molecule has 0 aromatic heterocycles. The molecule has 1 aliphatic heterocycles. The van der Waals surface area contributed by atoms with Gasteiger partial charge in [-0.2, -0.15) is 0 Å². The van der Waals surface area contributed by atoms with E-state index in [0.29, 0.717) is 16.1 Å². The van der Waals surface area contributed by atoms with Crippen molar-refractivity contribution in [3.05, 3.63) is 70.7 Å². The zero-order chi connectivity index (χ0) is 23.1. The summed E-state index contributed by atoms with van der Waals surface area (Å²) in [7, 11) is 0. The van der Waals surface area contributed by atoms with Gasteiger partial charge in [0.1, 0.15) is 0 Å². The molecule has 3 rings (SSSR count). The van der Waals surface area contributed by atoms with Gasteiger partial charge in [0.2, 0.25) is 5.91 Å². The standard InChI is InChI=1S/C21H19ClN4O6/c22-16-8-6-14(7-9-16)20(30)25-26-11-15(10-18(26)28)21(31)32-12-17(27)23-24-19(29)13-4-2-1-3-5-13/h1-9,15H,10-12H2,(H,23,27)(H,24,29)(H,25,30)/t15-/m0/s1. The molecule has 0 radical (unpaired) electrons. The van der Waals surface area contributed by atoms with Crippen LogP contribution < -0.4 is 16.3 Å². The number of rotatable bonds is 6. The maximum atomic E-state index is 12.2. The van der Waals surface area contributed by atoms with Crippen LogP contribution >= 0.6 is 11.6 Å². The van der Waals surface area contributed by atoms with Crippen molar-refractivity contribution in [1.29, 1.82) is 0 Å². The Balaban J connectivity index is 1.42. The van der Waals surface area contributed by atoms with Gasteiger partial charge in [0.25, 0.3) is 17.7 Å². The zero-order valence-electron chi connectivity index (χ0n) is 16.7. The van der Waals surface area contributed by atoms with Gasteiger partial charge in [0, 0.05) is 22.6 Å². The normalized spacial score (nSPS) is 15.1. The molecule has 0 bridgehead atoms. The number of benzene rings is 2. The van der Waals surface area contributed by atoms with Crippen molar-refractivity contribution in [2.75, 3.05) is 13.2 Å². The van der Waals surface area contributed by atoms with Gasteiger partial charge in [-0.1, -0.05) is 29.8 Å². The van der Waals surface area contributed by atoms with Gasteiger partial charge in [-0.3, -0.25) is 45.3 Å². The summed E-state index contributed by atoms with van der Waals surface area (Å²) in [6.07, 6.45) is -0.175. The van der Waals surface area contributed by atoms with Gasteiger partial charge < -0.3 is 4.74 Å². The summed E-state index contributed by atoms with van der Waals surface area (Å²) in [4.78, 5) is 60.2. The fraction of sp³-hybridized carbons (Fsp3) is 0.190. The van der Waals surface area contributed by atoms with Gasteiger partial charge in [-0.25, -0.2) is 0 Å². The third-order valence-electron chi connectivity index (χ3n) is 4.50. The minimum Gasteiger partial charge on any atom is -0.455 e. The Labute approximate surface area is 187 Å². The van der Waals surface area contributed by atoms with Crippen molar-refractivity contribution in [3.63, 3.8) is 0 Å². The molecule has 166 valence electrons. The quantitative estimate of drug-likeness (QED) is 0.434. The fourth-order valence-electron chi connectivity index (χ4n) is 2.84. The smallest absolute Gasteiger partial charge is 0.311 e. The number of hydrazine groups is 2. The number of esters is 1. The predicted octanol–water partition coefficient (Wildman–Crippen LogP) is 0.838. The van der Waals surface area contributed by atoms with E-state index in [9.17, 15) is 24.0 Å². The number of hydrogen-bond donors (Lipinski definition) is 3. The van der Waals surface area contributed by atoms with E-state index in [-0.39, 0.29) is 13.0 Å². The monoisotopic (exact) mass is 458 g/mol. The summed E-state index contributed by atoms with van der Waals surface area (Å²) in [6.45, 7) is -0.737. The van der Waals surface area contributed by atoms with Gasteiger partial charge >= 0.3 is 5.97 Å². The fourth-order valence-corrected chi connectivity index (χ4v) is 2.97. The minimum atomic E-state index is -0.847. The summed E-state index contributed by atoms with van der Waals surface area (Å²) in [5, 5.41) is 1.49. The van der Waals surface area contributed by atoms with Crippen molar-refractivity contribution in [2.45, 2.75) is 6.42 Å². The SMILES string of the molecule is O=C(COC(=O)[C@H]1CC(=O)N(NC(=O)c2ccc(Cl)cc2)C1)NNC(=O)c1ccccc1. The lowest BCUT2D eigenvalue weighted by Crippen LogP contribution is -2.44. The van der Waals surface area contributed by atoms with Crippen LogP contribution in [0.15, 0.2) is 54.6 Å². The van der Waals surface area contributed by atoms with Gasteiger partial charge in [-0.05, 0) is 36.4 Å².